The summed E-state index contributed by atoms with van der Waals surface area (Å²) in [5.74, 6) is 0.0214. The van der Waals surface area contributed by atoms with Crippen molar-refractivity contribution in [2.24, 2.45) is 0 Å². The highest BCUT2D eigenvalue weighted by atomic mass is 79.9. The molecule has 0 saturated carbocycles. The fourth-order valence-corrected chi connectivity index (χ4v) is 14.9. The Labute approximate surface area is 148 Å². The van der Waals surface area contributed by atoms with Gasteiger partial charge in [-0.3, -0.25) is 4.79 Å². The average Bonchev–Trinajstić information content (AvgIpc) is 2.16. The Balaban J connectivity index is 4.58. The number of halogens is 1. The summed E-state index contributed by atoms with van der Waals surface area (Å²) in [4.78, 5) is 11.9. The molecule has 0 fully saturated rings. The maximum atomic E-state index is 11.9. The Morgan fingerprint density at radius 1 is 1.00 bits per heavy atom. The van der Waals surface area contributed by atoms with Crippen molar-refractivity contribution in [2.45, 2.75) is 76.5 Å². The van der Waals surface area contributed by atoms with E-state index in [2.05, 4.69) is 67.1 Å². The largest absolute Gasteiger partial charge is 0.437 e. The van der Waals surface area contributed by atoms with Crippen LogP contribution in [0.1, 0.15) is 20.3 Å². The third-order valence-electron chi connectivity index (χ3n) is 2.68. The van der Waals surface area contributed by atoms with Gasteiger partial charge in [0.15, 0.2) is 16.6 Å². The van der Waals surface area contributed by atoms with E-state index in [-0.39, 0.29) is 5.91 Å². The zero-order chi connectivity index (χ0) is 17.8. The lowest BCUT2D eigenvalue weighted by Gasteiger charge is -2.38. The maximum Gasteiger partial charge on any atom is 0.314 e. The van der Waals surface area contributed by atoms with Gasteiger partial charge in [-0.05, 0) is 72.1 Å². The lowest BCUT2D eigenvalue weighted by molar-refractivity contribution is -0.122. The Morgan fingerprint density at radius 3 is 1.73 bits per heavy atom. The monoisotopic (exact) mass is 427 g/mol. The van der Waals surface area contributed by atoms with Crippen LogP contribution in [-0.4, -0.2) is 42.0 Å². The van der Waals surface area contributed by atoms with Gasteiger partial charge in [-0.25, -0.2) is 0 Å². The molecule has 0 aromatic heterocycles. The van der Waals surface area contributed by atoms with Gasteiger partial charge in [0.1, 0.15) is 0 Å². The van der Waals surface area contributed by atoms with Gasteiger partial charge in [0, 0.05) is 6.54 Å². The predicted octanol–water partition coefficient (Wildman–Crippen LogP) is 4.44. The third-order valence-corrected chi connectivity index (χ3v) is 12.7. The molecule has 0 atom stereocenters. The Morgan fingerprint density at radius 2 is 1.41 bits per heavy atom. The standard InChI is InChI=1S/C14H34BrNO3Si3/c1-14(2,15)13(17)16-11-10-12-22(9,18-20(3,4)5)19-21(6,7)8/h10-12H2,1-9H3,(H,16,17). The van der Waals surface area contributed by atoms with Crippen molar-refractivity contribution >= 4 is 47.0 Å². The number of nitrogens with one attached hydrogen (secondary N) is 1. The first-order chi connectivity index (χ1) is 9.54. The summed E-state index contributed by atoms with van der Waals surface area (Å²) >= 11 is 3.37. The first-order valence-corrected chi connectivity index (χ1v) is 18.0. The minimum atomic E-state index is -2.18. The molecule has 0 aromatic rings. The summed E-state index contributed by atoms with van der Waals surface area (Å²) in [6.07, 6.45) is 0.895. The highest BCUT2D eigenvalue weighted by Crippen LogP contribution is 2.25. The van der Waals surface area contributed by atoms with E-state index in [1.54, 1.807) is 0 Å². The number of alkyl halides is 1. The van der Waals surface area contributed by atoms with Gasteiger partial charge in [-0.1, -0.05) is 15.9 Å². The summed E-state index contributed by atoms with van der Waals surface area (Å²) in [7, 11) is -5.46. The Bertz CT molecular complexity index is 357. The molecule has 4 nitrogen and oxygen atoms in total. The summed E-state index contributed by atoms with van der Waals surface area (Å²) in [5, 5.41) is 2.97. The first kappa shape index (κ1) is 22.5. The van der Waals surface area contributed by atoms with E-state index in [9.17, 15) is 4.79 Å². The summed E-state index contributed by atoms with van der Waals surface area (Å²) < 4.78 is 12.4. The third kappa shape index (κ3) is 11.1. The molecule has 1 N–H and O–H groups in total. The zero-order valence-electron chi connectivity index (χ0n) is 15.7. The lowest BCUT2D eigenvalue weighted by atomic mass is 10.2. The van der Waals surface area contributed by atoms with Gasteiger partial charge in [-0.15, -0.1) is 0 Å². The number of amides is 1. The van der Waals surface area contributed by atoms with Crippen LogP contribution in [0.5, 0.6) is 0 Å². The van der Waals surface area contributed by atoms with Gasteiger partial charge in [0.05, 0.1) is 4.32 Å². The molecule has 1 amide bonds. The van der Waals surface area contributed by atoms with Crippen LogP contribution < -0.4 is 5.32 Å². The van der Waals surface area contributed by atoms with Crippen LogP contribution in [0.4, 0.5) is 0 Å². The summed E-state index contributed by atoms with van der Waals surface area (Å²) in [5.41, 5.74) is 0. The SMILES string of the molecule is CC(C)(Br)C(=O)NCCC[Si](C)(O[Si](C)(C)C)O[Si](C)(C)C. The molecule has 0 bridgehead atoms. The van der Waals surface area contributed by atoms with Crippen molar-refractivity contribution in [3.63, 3.8) is 0 Å². The van der Waals surface area contributed by atoms with Crippen LogP contribution in [0.2, 0.25) is 51.9 Å². The van der Waals surface area contributed by atoms with E-state index in [0.717, 1.165) is 12.5 Å². The van der Waals surface area contributed by atoms with Crippen LogP contribution in [0, 0.1) is 0 Å². The minimum Gasteiger partial charge on any atom is -0.437 e. The van der Waals surface area contributed by atoms with Crippen LogP contribution in [-0.2, 0) is 13.0 Å². The molecule has 22 heavy (non-hydrogen) atoms. The van der Waals surface area contributed by atoms with Gasteiger partial charge < -0.3 is 13.5 Å². The van der Waals surface area contributed by atoms with Crippen molar-refractivity contribution < 1.29 is 13.0 Å². The quantitative estimate of drug-likeness (QED) is 0.335. The number of hydrogen-bond donors (Lipinski definition) is 1. The normalized spacial score (nSPS) is 14.1. The zero-order valence-corrected chi connectivity index (χ0v) is 20.3. The molecule has 8 heteroatoms. The van der Waals surface area contributed by atoms with Gasteiger partial charge in [0.2, 0.25) is 5.91 Å². The van der Waals surface area contributed by atoms with E-state index in [4.69, 9.17) is 8.23 Å². The van der Waals surface area contributed by atoms with Crippen LogP contribution in [0.15, 0.2) is 0 Å². The summed E-state index contributed by atoms with van der Waals surface area (Å²) in [6, 6.07) is 0.921. The second-order valence-electron chi connectivity index (χ2n) is 8.39. The molecule has 0 heterocycles. The molecule has 0 radical (unpaired) electrons. The van der Waals surface area contributed by atoms with Crippen molar-refractivity contribution in [1.82, 2.24) is 5.32 Å². The van der Waals surface area contributed by atoms with Gasteiger partial charge in [0.25, 0.3) is 0 Å². The van der Waals surface area contributed by atoms with Crippen LogP contribution >= 0.6 is 15.9 Å². The highest BCUT2D eigenvalue weighted by Gasteiger charge is 2.39. The lowest BCUT2D eigenvalue weighted by Crippen LogP contribution is -2.52. The molecule has 0 spiro atoms. The fourth-order valence-electron chi connectivity index (χ4n) is 2.24. The maximum absolute atomic E-state index is 11.9. The Hall–Kier alpha value is 0.521. The molecular weight excluding hydrogens is 394 g/mol. The van der Waals surface area contributed by atoms with E-state index in [1.165, 1.54) is 0 Å². The van der Waals surface area contributed by atoms with Crippen LogP contribution in [0.25, 0.3) is 0 Å². The van der Waals surface area contributed by atoms with Gasteiger partial charge >= 0.3 is 8.56 Å². The van der Waals surface area contributed by atoms with Crippen LogP contribution in [0.3, 0.4) is 0 Å². The van der Waals surface area contributed by atoms with Crippen molar-refractivity contribution in [2.75, 3.05) is 6.54 Å². The van der Waals surface area contributed by atoms with Crippen molar-refractivity contribution in [3.05, 3.63) is 0 Å². The molecule has 0 unspecified atom stereocenters. The first-order valence-electron chi connectivity index (χ1n) is 7.92. The van der Waals surface area contributed by atoms with Crippen molar-refractivity contribution in [3.8, 4) is 0 Å². The second-order valence-corrected chi connectivity index (χ2v) is 23.2. The molecule has 0 saturated heterocycles. The molecule has 0 aliphatic carbocycles. The molecule has 0 aliphatic heterocycles. The predicted molar refractivity (Wildman–Crippen MR) is 106 cm³/mol. The summed E-state index contributed by atoms with van der Waals surface area (Å²) in [6.45, 7) is 19.8. The number of carbonyl (C=O) groups excluding carboxylic acids is 1. The molecule has 0 rings (SSSR count). The molecule has 132 valence electrons. The molecular formula is C14H34BrNO3Si3. The van der Waals surface area contributed by atoms with E-state index >= 15 is 0 Å². The minimum absolute atomic E-state index is 0.0214. The molecule has 0 aliphatic rings. The fraction of sp³-hybridized carbons (Fsp3) is 0.929. The Kier molecular flexibility index (Phi) is 8.26. The van der Waals surface area contributed by atoms with E-state index in [0.29, 0.717) is 6.54 Å². The second kappa shape index (κ2) is 8.07. The number of carbonyl (C=O) groups is 1. The average molecular weight is 429 g/mol. The topological polar surface area (TPSA) is 47.6 Å². The van der Waals surface area contributed by atoms with E-state index in [1.807, 2.05) is 13.8 Å². The van der Waals surface area contributed by atoms with Crippen molar-refractivity contribution in [1.29, 1.82) is 0 Å². The number of rotatable bonds is 9. The van der Waals surface area contributed by atoms with Gasteiger partial charge in [-0.2, -0.15) is 0 Å². The highest BCUT2D eigenvalue weighted by molar-refractivity contribution is 9.10. The smallest absolute Gasteiger partial charge is 0.314 e. The van der Waals surface area contributed by atoms with E-state index < -0.39 is 29.5 Å². The molecule has 0 aromatic carbocycles. The number of hydrogen-bond acceptors (Lipinski definition) is 3.